The topological polar surface area (TPSA) is 106 Å². The summed E-state index contributed by atoms with van der Waals surface area (Å²) in [7, 11) is -1.85. The number of ether oxygens (including phenoxy) is 1. The first-order valence-corrected chi connectivity index (χ1v) is 11.3. The molecule has 10 heteroatoms. The van der Waals surface area contributed by atoms with Crippen LogP contribution in [0.1, 0.15) is 42.4 Å². The van der Waals surface area contributed by atoms with E-state index in [0.717, 1.165) is 19.3 Å². The average molecular weight is 422 g/mol. The summed E-state index contributed by atoms with van der Waals surface area (Å²) in [6, 6.07) is 7.29. The van der Waals surface area contributed by atoms with Crippen molar-refractivity contribution in [2.24, 2.45) is 0 Å². The standard InChI is InChI=1S/C19H27N5O4S/c1-14-8-6-7-12-23(14)29(26,27)13-11-20-19(25)18-15(2)24(22-21-18)16-9-4-5-10-17(16)28-3/h4-5,9-10,14H,6-8,11-13H2,1-3H3,(H,20,25)/t14-/m1/s1. The number of aromatic nitrogens is 3. The normalized spacial score (nSPS) is 17.8. The van der Waals surface area contributed by atoms with Crippen LogP contribution in [0.4, 0.5) is 0 Å². The molecular formula is C19H27N5O4S. The monoisotopic (exact) mass is 421 g/mol. The van der Waals surface area contributed by atoms with Gasteiger partial charge in [0.1, 0.15) is 11.4 Å². The molecule has 1 aliphatic heterocycles. The van der Waals surface area contributed by atoms with Crippen molar-refractivity contribution in [3.63, 3.8) is 0 Å². The van der Waals surface area contributed by atoms with Gasteiger partial charge in [-0.1, -0.05) is 23.8 Å². The van der Waals surface area contributed by atoms with E-state index >= 15 is 0 Å². The fourth-order valence-electron chi connectivity index (χ4n) is 3.55. The lowest BCUT2D eigenvalue weighted by Gasteiger charge is -2.32. The van der Waals surface area contributed by atoms with E-state index in [2.05, 4.69) is 15.6 Å². The summed E-state index contributed by atoms with van der Waals surface area (Å²) in [5, 5.41) is 10.7. The number of nitrogens with one attached hydrogen (secondary N) is 1. The Hall–Kier alpha value is -2.46. The van der Waals surface area contributed by atoms with Gasteiger partial charge in [-0.2, -0.15) is 4.31 Å². The van der Waals surface area contributed by atoms with E-state index in [9.17, 15) is 13.2 Å². The molecule has 29 heavy (non-hydrogen) atoms. The largest absolute Gasteiger partial charge is 0.494 e. The Morgan fingerprint density at radius 2 is 2.07 bits per heavy atom. The van der Waals surface area contributed by atoms with E-state index in [0.29, 0.717) is 23.7 Å². The van der Waals surface area contributed by atoms with Crippen LogP contribution in [0.2, 0.25) is 0 Å². The maximum absolute atomic E-state index is 12.6. The minimum atomic E-state index is -3.41. The summed E-state index contributed by atoms with van der Waals surface area (Å²) in [5.41, 5.74) is 1.36. The molecule has 2 aromatic rings. The van der Waals surface area contributed by atoms with Crippen molar-refractivity contribution in [2.45, 2.75) is 39.2 Å². The molecule has 1 aliphatic rings. The zero-order valence-electron chi connectivity index (χ0n) is 17.0. The highest BCUT2D eigenvalue weighted by atomic mass is 32.2. The maximum atomic E-state index is 12.6. The van der Waals surface area contributed by atoms with Crippen molar-refractivity contribution < 1.29 is 17.9 Å². The molecule has 3 rings (SSSR count). The van der Waals surface area contributed by atoms with Crippen LogP contribution in [0, 0.1) is 6.92 Å². The number of benzene rings is 1. The molecule has 0 saturated carbocycles. The molecule has 1 aromatic carbocycles. The Morgan fingerprint density at radius 3 is 2.79 bits per heavy atom. The van der Waals surface area contributed by atoms with Crippen LogP contribution in [-0.4, -0.2) is 65.6 Å². The van der Waals surface area contributed by atoms with Crippen LogP contribution in [0.15, 0.2) is 24.3 Å². The Balaban J connectivity index is 1.65. The van der Waals surface area contributed by atoms with Gasteiger partial charge in [0.2, 0.25) is 10.0 Å². The number of hydrogen-bond acceptors (Lipinski definition) is 6. The first-order chi connectivity index (χ1) is 13.8. The van der Waals surface area contributed by atoms with Crippen LogP contribution >= 0.6 is 0 Å². The van der Waals surface area contributed by atoms with Crippen molar-refractivity contribution in [3.8, 4) is 11.4 Å². The lowest BCUT2D eigenvalue weighted by molar-refractivity contribution is 0.0950. The highest BCUT2D eigenvalue weighted by Gasteiger charge is 2.29. The molecule has 1 N–H and O–H groups in total. The van der Waals surface area contributed by atoms with Crippen molar-refractivity contribution in [1.82, 2.24) is 24.6 Å². The molecular weight excluding hydrogens is 394 g/mol. The number of carbonyl (C=O) groups is 1. The number of hydrogen-bond donors (Lipinski definition) is 1. The number of rotatable bonds is 7. The molecule has 1 amide bonds. The summed E-state index contributed by atoms with van der Waals surface area (Å²) >= 11 is 0. The Bertz CT molecular complexity index is 973. The SMILES string of the molecule is COc1ccccc1-n1nnc(C(=O)NCCS(=O)(=O)N2CCCC[C@H]2C)c1C. The summed E-state index contributed by atoms with van der Waals surface area (Å²) in [6.07, 6.45) is 2.79. The van der Waals surface area contributed by atoms with Crippen molar-refractivity contribution >= 4 is 15.9 Å². The van der Waals surface area contributed by atoms with Gasteiger partial charge in [-0.3, -0.25) is 4.79 Å². The molecule has 0 bridgehead atoms. The molecule has 0 aliphatic carbocycles. The third kappa shape index (κ3) is 4.59. The summed E-state index contributed by atoms with van der Waals surface area (Å²) in [5.74, 6) is 0.0164. The number of sulfonamides is 1. The smallest absolute Gasteiger partial charge is 0.273 e. The Morgan fingerprint density at radius 1 is 1.31 bits per heavy atom. The molecule has 1 fully saturated rings. The van der Waals surface area contributed by atoms with Crippen molar-refractivity contribution in [2.75, 3.05) is 26.0 Å². The molecule has 158 valence electrons. The van der Waals surface area contributed by atoms with Crippen LogP contribution in [0.25, 0.3) is 5.69 Å². The average Bonchev–Trinajstić information content (AvgIpc) is 3.09. The summed E-state index contributed by atoms with van der Waals surface area (Å²) < 4.78 is 33.5. The molecule has 1 atom stereocenters. The lowest BCUT2D eigenvalue weighted by atomic mass is 10.1. The number of carbonyl (C=O) groups excluding carboxylic acids is 1. The minimum Gasteiger partial charge on any atom is -0.494 e. The van der Waals surface area contributed by atoms with Gasteiger partial charge < -0.3 is 10.1 Å². The predicted molar refractivity (Wildman–Crippen MR) is 109 cm³/mol. The maximum Gasteiger partial charge on any atom is 0.273 e. The van der Waals surface area contributed by atoms with Crippen LogP contribution < -0.4 is 10.1 Å². The zero-order valence-corrected chi connectivity index (χ0v) is 17.8. The van der Waals surface area contributed by atoms with Gasteiger partial charge in [-0.25, -0.2) is 13.1 Å². The van der Waals surface area contributed by atoms with E-state index in [-0.39, 0.29) is 24.0 Å². The molecule has 1 saturated heterocycles. The van der Waals surface area contributed by atoms with E-state index in [1.54, 1.807) is 24.4 Å². The number of para-hydroxylation sites is 2. The molecule has 2 heterocycles. The van der Waals surface area contributed by atoms with Crippen LogP contribution in [0.3, 0.4) is 0 Å². The van der Waals surface area contributed by atoms with Crippen molar-refractivity contribution in [1.29, 1.82) is 0 Å². The van der Waals surface area contributed by atoms with E-state index < -0.39 is 15.9 Å². The highest BCUT2D eigenvalue weighted by Crippen LogP contribution is 2.23. The van der Waals surface area contributed by atoms with Gasteiger partial charge in [0, 0.05) is 19.1 Å². The zero-order chi connectivity index (χ0) is 21.0. The van der Waals surface area contributed by atoms with Gasteiger partial charge in [0.15, 0.2) is 5.69 Å². The molecule has 0 unspecified atom stereocenters. The van der Waals surface area contributed by atoms with Gasteiger partial charge in [0.25, 0.3) is 5.91 Å². The number of piperidine rings is 1. The van der Waals surface area contributed by atoms with E-state index in [4.69, 9.17) is 4.74 Å². The van der Waals surface area contributed by atoms with Crippen LogP contribution in [0.5, 0.6) is 5.75 Å². The molecule has 1 aromatic heterocycles. The first-order valence-electron chi connectivity index (χ1n) is 9.68. The van der Waals surface area contributed by atoms with Gasteiger partial charge in [0.05, 0.1) is 18.6 Å². The summed E-state index contributed by atoms with van der Waals surface area (Å²) in [4.78, 5) is 12.5. The molecule has 9 nitrogen and oxygen atoms in total. The quantitative estimate of drug-likeness (QED) is 0.726. The molecule has 0 radical (unpaired) electrons. The molecule has 0 spiro atoms. The Kier molecular flexibility index (Phi) is 6.53. The van der Waals surface area contributed by atoms with Crippen LogP contribution in [-0.2, 0) is 10.0 Å². The minimum absolute atomic E-state index is 0.00690. The fourth-order valence-corrected chi connectivity index (χ4v) is 5.21. The fraction of sp³-hybridized carbons (Fsp3) is 0.526. The third-order valence-electron chi connectivity index (χ3n) is 5.17. The van der Waals surface area contributed by atoms with E-state index in [1.807, 2.05) is 25.1 Å². The van der Waals surface area contributed by atoms with Gasteiger partial charge in [-0.15, -0.1) is 5.10 Å². The predicted octanol–water partition coefficient (Wildman–Crippen LogP) is 1.52. The summed E-state index contributed by atoms with van der Waals surface area (Å²) in [6.45, 7) is 4.22. The lowest BCUT2D eigenvalue weighted by Crippen LogP contribution is -2.45. The van der Waals surface area contributed by atoms with E-state index in [1.165, 1.54) is 4.68 Å². The second-order valence-corrected chi connectivity index (χ2v) is 9.18. The highest BCUT2D eigenvalue weighted by molar-refractivity contribution is 7.89. The number of methoxy groups -OCH3 is 1. The number of nitrogens with zero attached hydrogens (tertiary/aromatic N) is 4. The first kappa shape index (κ1) is 21.3. The number of amides is 1. The Labute approximate surface area is 171 Å². The third-order valence-corrected chi connectivity index (χ3v) is 7.14. The van der Waals surface area contributed by atoms with Gasteiger partial charge in [-0.05, 0) is 38.8 Å². The second-order valence-electron chi connectivity index (χ2n) is 7.13. The second kappa shape index (κ2) is 8.91. The van der Waals surface area contributed by atoms with Gasteiger partial charge >= 0.3 is 0 Å². The van der Waals surface area contributed by atoms with Crippen molar-refractivity contribution in [3.05, 3.63) is 35.7 Å².